The van der Waals surface area contributed by atoms with E-state index in [4.69, 9.17) is 9.47 Å². The summed E-state index contributed by atoms with van der Waals surface area (Å²) in [4.78, 5) is 23.1. The monoisotopic (exact) mass is 305 g/mol. The number of aromatic nitrogens is 3. The fraction of sp³-hybridized carbons (Fsp3) is 0.286. The number of carboxylic acid groups (broad SMARTS) is 1. The quantitative estimate of drug-likeness (QED) is 0.800. The lowest BCUT2D eigenvalue weighted by atomic mass is 10.2. The summed E-state index contributed by atoms with van der Waals surface area (Å²) < 4.78 is 11.0. The van der Waals surface area contributed by atoms with Gasteiger partial charge in [0.15, 0.2) is 5.69 Å². The van der Waals surface area contributed by atoms with Crippen molar-refractivity contribution in [3.63, 3.8) is 0 Å². The molecule has 8 nitrogen and oxygen atoms in total. The molecule has 2 rings (SSSR count). The van der Waals surface area contributed by atoms with E-state index in [1.165, 1.54) is 0 Å². The van der Waals surface area contributed by atoms with Crippen molar-refractivity contribution in [2.45, 2.75) is 13.5 Å². The number of nitrogens with zero attached hydrogens (tertiary/aromatic N) is 3. The second kappa shape index (κ2) is 6.70. The lowest BCUT2D eigenvalue weighted by molar-refractivity contribution is 0.0506. The number of benzene rings is 1. The smallest absolute Gasteiger partial charge is 0.361 e. The Bertz CT molecular complexity index is 678. The topological polar surface area (TPSA) is 104 Å². The maximum Gasteiger partial charge on any atom is 0.361 e. The van der Waals surface area contributed by atoms with Crippen LogP contribution in [-0.2, 0) is 11.3 Å². The summed E-state index contributed by atoms with van der Waals surface area (Å²) in [5.74, 6) is -1.41. The average Bonchev–Trinajstić information content (AvgIpc) is 2.92. The van der Waals surface area contributed by atoms with Crippen LogP contribution < -0.4 is 4.74 Å². The highest BCUT2D eigenvalue weighted by molar-refractivity contribution is 5.99. The van der Waals surface area contributed by atoms with Crippen LogP contribution in [0.4, 0.5) is 0 Å². The number of carbonyl (C=O) groups excluding carboxylic acids is 1. The summed E-state index contributed by atoms with van der Waals surface area (Å²) >= 11 is 0. The Morgan fingerprint density at radius 1 is 1.27 bits per heavy atom. The molecule has 1 N–H and O–H groups in total. The first-order valence-electron chi connectivity index (χ1n) is 6.53. The molecule has 1 aromatic carbocycles. The zero-order chi connectivity index (χ0) is 16.1. The van der Waals surface area contributed by atoms with E-state index in [1.54, 1.807) is 38.3 Å². The van der Waals surface area contributed by atoms with Gasteiger partial charge in [0.2, 0.25) is 5.69 Å². The van der Waals surface area contributed by atoms with Crippen LogP contribution in [0.2, 0.25) is 0 Å². The maximum absolute atomic E-state index is 11.7. The van der Waals surface area contributed by atoms with E-state index in [1.807, 2.05) is 0 Å². The Balaban J connectivity index is 2.30. The molecule has 0 saturated carbocycles. The van der Waals surface area contributed by atoms with Gasteiger partial charge in [-0.2, -0.15) is 0 Å². The fourth-order valence-electron chi connectivity index (χ4n) is 1.88. The molecular formula is C14H15N3O5. The van der Waals surface area contributed by atoms with Gasteiger partial charge in [0.25, 0.3) is 0 Å². The van der Waals surface area contributed by atoms with Crippen LogP contribution in [0.5, 0.6) is 5.75 Å². The molecular weight excluding hydrogens is 290 g/mol. The van der Waals surface area contributed by atoms with Crippen molar-refractivity contribution in [1.29, 1.82) is 0 Å². The van der Waals surface area contributed by atoms with Crippen LogP contribution in [0.1, 0.15) is 33.5 Å². The lowest BCUT2D eigenvalue weighted by Crippen LogP contribution is -2.16. The molecule has 8 heteroatoms. The summed E-state index contributed by atoms with van der Waals surface area (Å²) in [6, 6.07) is 7.05. The largest absolute Gasteiger partial charge is 0.497 e. The third-order valence-corrected chi connectivity index (χ3v) is 2.90. The number of aromatic carboxylic acids is 1. The van der Waals surface area contributed by atoms with Gasteiger partial charge < -0.3 is 14.6 Å². The highest BCUT2D eigenvalue weighted by Crippen LogP contribution is 2.14. The number of esters is 1. The highest BCUT2D eigenvalue weighted by atomic mass is 16.5. The van der Waals surface area contributed by atoms with Gasteiger partial charge in [-0.3, -0.25) is 0 Å². The molecule has 0 aliphatic rings. The van der Waals surface area contributed by atoms with Gasteiger partial charge in [-0.1, -0.05) is 17.3 Å². The summed E-state index contributed by atoms with van der Waals surface area (Å²) in [5.41, 5.74) is 0.195. The van der Waals surface area contributed by atoms with E-state index in [0.717, 1.165) is 10.2 Å². The van der Waals surface area contributed by atoms with E-state index in [-0.39, 0.29) is 24.5 Å². The predicted octanol–water partition coefficient (Wildman–Crippen LogP) is 1.21. The molecule has 0 spiro atoms. The second-order valence-corrected chi connectivity index (χ2v) is 4.32. The van der Waals surface area contributed by atoms with E-state index < -0.39 is 11.9 Å². The third kappa shape index (κ3) is 3.22. The Morgan fingerprint density at radius 2 is 1.95 bits per heavy atom. The molecule has 116 valence electrons. The number of hydrogen-bond donors (Lipinski definition) is 1. The van der Waals surface area contributed by atoms with Crippen molar-refractivity contribution in [3.05, 3.63) is 41.2 Å². The van der Waals surface area contributed by atoms with Gasteiger partial charge in [-0.05, 0) is 24.6 Å². The minimum absolute atomic E-state index is 0.128. The van der Waals surface area contributed by atoms with Gasteiger partial charge in [-0.25, -0.2) is 14.3 Å². The van der Waals surface area contributed by atoms with E-state index in [2.05, 4.69) is 10.3 Å². The molecule has 1 aromatic heterocycles. The van der Waals surface area contributed by atoms with Gasteiger partial charge >= 0.3 is 11.9 Å². The fourth-order valence-corrected chi connectivity index (χ4v) is 1.88. The van der Waals surface area contributed by atoms with Gasteiger partial charge in [0.05, 0.1) is 20.3 Å². The Hall–Kier alpha value is -2.90. The molecule has 0 unspecified atom stereocenters. The van der Waals surface area contributed by atoms with E-state index in [0.29, 0.717) is 5.75 Å². The van der Waals surface area contributed by atoms with Crippen LogP contribution in [0.3, 0.4) is 0 Å². The summed E-state index contributed by atoms with van der Waals surface area (Å²) in [7, 11) is 1.56. The number of carbonyl (C=O) groups is 2. The van der Waals surface area contributed by atoms with Crippen molar-refractivity contribution in [2.24, 2.45) is 0 Å². The number of carboxylic acids is 1. The molecule has 0 fully saturated rings. The van der Waals surface area contributed by atoms with Crippen molar-refractivity contribution in [3.8, 4) is 5.75 Å². The Kier molecular flexibility index (Phi) is 4.72. The van der Waals surface area contributed by atoms with Crippen molar-refractivity contribution >= 4 is 11.9 Å². The Morgan fingerprint density at radius 3 is 2.50 bits per heavy atom. The number of rotatable bonds is 6. The molecule has 1 heterocycles. The van der Waals surface area contributed by atoms with Gasteiger partial charge in [-0.15, -0.1) is 5.10 Å². The first kappa shape index (κ1) is 15.5. The van der Waals surface area contributed by atoms with Crippen molar-refractivity contribution in [1.82, 2.24) is 15.0 Å². The minimum atomic E-state index is -1.29. The SMILES string of the molecule is CCOC(=O)c1nnn(Cc2ccc(OC)cc2)c1C(=O)O. The molecule has 0 saturated heterocycles. The van der Waals surface area contributed by atoms with Crippen LogP contribution in [-0.4, -0.2) is 45.8 Å². The van der Waals surface area contributed by atoms with E-state index >= 15 is 0 Å². The van der Waals surface area contributed by atoms with Crippen molar-refractivity contribution < 1.29 is 24.2 Å². The standard InChI is InChI=1S/C14H15N3O5/c1-3-22-14(20)11-12(13(18)19)17(16-15-11)8-9-4-6-10(21-2)7-5-9/h4-7H,3,8H2,1-2H3,(H,18,19). The van der Waals surface area contributed by atoms with Gasteiger partial charge in [0, 0.05) is 0 Å². The lowest BCUT2D eigenvalue weighted by Gasteiger charge is -2.05. The molecule has 0 radical (unpaired) electrons. The second-order valence-electron chi connectivity index (χ2n) is 4.32. The zero-order valence-electron chi connectivity index (χ0n) is 12.1. The summed E-state index contributed by atoms with van der Waals surface area (Å²) in [6.07, 6.45) is 0. The first-order valence-corrected chi connectivity index (χ1v) is 6.53. The molecule has 0 aliphatic carbocycles. The molecule has 0 aliphatic heterocycles. The molecule has 0 amide bonds. The van der Waals surface area contributed by atoms with Crippen LogP contribution in [0.25, 0.3) is 0 Å². The predicted molar refractivity (Wildman–Crippen MR) is 75.0 cm³/mol. The van der Waals surface area contributed by atoms with Crippen LogP contribution in [0, 0.1) is 0 Å². The van der Waals surface area contributed by atoms with Crippen LogP contribution >= 0.6 is 0 Å². The maximum atomic E-state index is 11.7. The van der Waals surface area contributed by atoms with Crippen molar-refractivity contribution in [2.75, 3.05) is 13.7 Å². The number of ether oxygens (including phenoxy) is 2. The Labute approximate surface area is 126 Å². The van der Waals surface area contributed by atoms with Gasteiger partial charge in [0.1, 0.15) is 5.75 Å². The third-order valence-electron chi connectivity index (χ3n) is 2.90. The minimum Gasteiger partial charge on any atom is -0.497 e. The van der Waals surface area contributed by atoms with Crippen LogP contribution in [0.15, 0.2) is 24.3 Å². The van der Waals surface area contributed by atoms with E-state index in [9.17, 15) is 14.7 Å². The highest BCUT2D eigenvalue weighted by Gasteiger charge is 2.26. The molecule has 2 aromatic rings. The molecule has 22 heavy (non-hydrogen) atoms. The molecule has 0 atom stereocenters. The first-order chi connectivity index (χ1) is 10.6. The average molecular weight is 305 g/mol. The zero-order valence-corrected chi connectivity index (χ0v) is 12.1. The normalized spacial score (nSPS) is 10.3. The summed E-state index contributed by atoms with van der Waals surface area (Å²) in [6.45, 7) is 1.92. The number of methoxy groups -OCH3 is 1. The molecule has 0 bridgehead atoms. The number of hydrogen-bond acceptors (Lipinski definition) is 6. The summed E-state index contributed by atoms with van der Waals surface area (Å²) in [5, 5.41) is 16.6.